The molecule has 0 bridgehead atoms. The second kappa shape index (κ2) is 7.08. The predicted octanol–water partition coefficient (Wildman–Crippen LogP) is 3.35. The Bertz CT molecular complexity index is 994. The molecule has 1 aliphatic heterocycles. The molecular formula is C20H22FN5O. The Kier molecular flexibility index (Phi) is 4.61. The van der Waals surface area contributed by atoms with Crippen LogP contribution in [-0.2, 0) is 0 Å². The SMILES string of the molecule is Cc1cnc2c(N[C@@H]3CCCN(C)C3)nnc(-c3ccc(F)cc3O)c2c1. The van der Waals surface area contributed by atoms with Crippen LogP contribution >= 0.6 is 0 Å². The first-order valence-electron chi connectivity index (χ1n) is 9.08. The van der Waals surface area contributed by atoms with Gasteiger partial charge in [0, 0.05) is 35.8 Å². The lowest BCUT2D eigenvalue weighted by molar-refractivity contribution is 0.261. The summed E-state index contributed by atoms with van der Waals surface area (Å²) in [4.78, 5) is 6.86. The summed E-state index contributed by atoms with van der Waals surface area (Å²) in [5, 5.41) is 23.1. The molecule has 4 rings (SSSR count). The van der Waals surface area contributed by atoms with Crippen molar-refractivity contribution in [3.05, 3.63) is 41.8 Å². The summed E-state index contributed by atoms with van der Waals surface area (Å²) in [5.41, 5.74) is 2.60. The molecule has 2 aromatic heterocycles. The maximum absolute atomic E-state index is 13.4. The predicted molar refractivity (Wildman–Crippen MR) is 103 cm³/mol. The molecule has 7 heteroatoms. The summed E-state index contributed by atoms with van der Waals surface area (Å²) in [6, 6.07) is 6.15. The van der Waals surface area contributed by atoms with Crippen molar-refractivity contribution in [3.63, 3.8) is 0 Å². The molecule has 6 nitrogen and oxygen atoms in total. The Labute approximate surface area is 157 Å². The second-order valence-electron chi connectivity index (χ2n) is 7.21. The van der Waals surface area contributed by atoms with Crippen LogP contribution in [0.3, 0.4) is 0 Å². The van der Waals surface area contributed by atoms with Crippen LogP contribution in [0.25, 0.3) is 22.2 Å². The maximum Gasteiger partial charge on any atom is 0.175 e. The van der Waals surface area contributed by atoms with Gasteiger partial charge in [0.05, 0.1) is 0 Å². The van der Waals surface area contributed by atoms with E-state index in [0.717, 1.165) is 42.9 Å². The summed E-state index contributed by atoms with van der Waals surface area (Å²) in [5.74, 6) is -0.0279. The van der Waals surface area contributed by atoms with E-state index in [1.54, 1.807) is 6.20 Å². The smallest absolute Gasteiger partial charge is 0.175 e. The Hall–Kier alpha value is -2.80. The first-order valence-corrected chi connectivity index (χ1v) is 9.08. The number of hydrogen-bond donors (Lipinski definition) is 2. The topological polar surface area (TPSA) is 74.2 Å². The van der Waals surface area contributed by atoms with Gasteiger partial charge in [-0.05, 0) is 57.1 Å². The van der Waals surface area contributed by atoms with Gasteiger partial charge in [-0.15, -0.1) is 10.2 Å². The van der Waals surface area contributed by atoms with Gasteiger partial charge in [-0.25, -0.2) is 4.39 Å². The third-order valence-electron chi connectivity index (χ3n) is 4.93. The van der Waals surface area contributed by atoms with Gasteiger partial charge >= 0.3 is 0 Å². The van der Waals surface area contributed by atoms with Gasteiger partial charge in [0.2, 0.25) is 0 Å². The number of phenols is 1. The van der Waals surface area contributed by atoms with Crippen LogP contribution in [0.4, 0.5) is 10.2 Å². The van der Waals surface area contributed by atoms with Gasteiger partial charge in [0.1, 0.15) is 22.8 Å². The highest BCUT2D eigenvalue weighted by Gasteiger charge is 2.21. The van der Waals surface area contributed by atoms with Crippen molar-refractivity contribution in [1.82, 2.24) is 20.1 Å². The number of rotatable bonds is 3. The van der Waals surface area contributed by atoms with Crippen molar-refractivity contribution >= 4 is 16.7 Å². The van der Waals surface area contributed by atoms with E-state index in [0.29, 0.717) is 22.6 Å². The van der Waals surface area contributed by atoms with Crippen LogP contribution in [0, 0.1) is 12.7 Å². The Balaban J connectivity index is 1.80. The number of hydrogen-bond acceptors (Lipinski definition) is 6. The molecule has 0 spiro atoms. The Morgan fingerprint density at radius 1 is 1.26 bits per heavy atom. The molecule has 1 saturated heterocycles. The van der Waals surface area contributed by atoms with E-state index >= 15 is 0 Å². The number of nitrogens with one attached hydrogen (secondary N) is 1. The summed E-state index contributed by atoms with van der Waals surface area (Å²) >= 11 is 0. The number of likely N-dealkylation sites (N-methyl/N-ethyl adjacent to an activating group) is 1. The Morgan fingerprint density at radius 3 is 2.89 bits per heavy atom. The molecule has 1 aliphatic rings. The number of fused-ring (bicyclic) bond motifs is 1. The lowest BCUT2D eigenvalue weighted by atomic mass is 10.0. The largest absolute Gasteiger partial charge is 0.507 e. The molecule has 1 aromatic carbocycles. The zero-order chi connectivity index (χ0) is 19.0. The number of anilines is 1. The summed E-state index contributed by atoms with van der Waals surface area (Å²) in [6.07, 6.45) is 3.99. The van der Waals surface area contributed by atoms with E-state index in [4.69, 9.17) is 0 Å². The molecule has 0 amide bonds. The first kappa shape index (κ1) is 17.6. The monoisotopic (exact) mass is 367 g/mol. The summed E-state index contributed by atoms with van der Waals surface area (Å²) < 4.78 is 13.4. The van der Waals surface area contributed by atoms with Crippen molar-refractivity contribution in [1.29, 1.82) is 0 Å². The molecule has 0 unspecified atom stereocenters. The molecule has 0 aliphatic carbocycles. The average Bonchev–Trinajstić information content (AvgIpc) is 2.62. The fourth-order valence-corrected chi connectivity index (χ4v) is 3.62. The molecular weight excluding hydrogens is 345 g/mol. The average molecular weight is 367 g/mol. The lowest BCUT2D eigenvalue weighted by Crippen LogP contribution is -2.40. The molecule has 0 saturated carbocycles. The standard InChI is InChI=1S/C20H22FN5O/c1-12-8-16-18(15-6-5-13(21)9-17(15)27)24-25-20(19(16)22-10-12)23-14-4-3-7-26(2)11-14/h5-6,8-10,14,27H,3-4,7,11H2,1-2H3,(H,23,25)/t14-/m1/s1. The van der Waals surface area contributed by atoms with Crippen LogP contribution in [0.2, 0.25) is 0 Å². The number of likely N-dealkylation sites (tertiary alicyclic amines) is 1. The molecule has 27 heavy (non-hydrogen) atoms. The van der Waals surface area contributed by atoms with Gasteiger partial charge in [-0.3, -0.25) is 4.98 Å². The second-order valence-corrected chi connectivity index (χ2v) is 7.21. The number of aromatic hydroxyl groups is 1. The highest BCUT2D eigenvalue weighted by atomic mass is 19.1. The van der Waals surface area contributed by atoms with Crippen molar-refractivity contribution in [2.45, 2.75) is 25.8 Å². The normalized spacial score (nSPS) is 18.0. The number of halogens is 1. The van der Waals surface area contributed by atoms with Crippen LogP contribution in [-0.4, -0.2) is 51.4 Å². The summed E-state index contributed by atoms with van der Waals surface area (Å²) in [6.45, 7) is 3.99. The number of piperidine rings is 1. The summed E-state index contributed by atoms with van der Waals surface area (Å²) in [7, 11) is 2.11. The van der Waals surface area contributed by atoms with Crippen molar-refractivity contribution in [2.24, 2.45) is 0 Å². The third-order valence-corrected chi connectivity index (χ3v) is 4.93. The Morgan fingerprint density at radius 2 is 2.11 bits per heavy atom. The minimum Gasteiger partial charge on any atom is -0.507 e. The zero-order valence-electron chi connectivity index (χ0n) is 15.4. The van der Waals surface area contributed by atoms with Crippen molar-refractivity contribution in [2.75, 3.05) is 25.5 Å². The number of pyridine rings is 1. The first-order chi connectivity index (χ1) is 13.0. The highest BCUT2D eigenvalue weighted by molar-refractivity contribution is 5.98. The van der Waals surface area contributed by atoms with E-state index < -0.39 is 5.82 Å². The van der Waals surface area contributed by atoms with Crippen molar-refractivity contribution in [3.8, 4) is 17.0 Å². The molecule has 140 valence electrons. The number of aryl methyl sites for hydroxylation is 1. The number of phenolic OH excluding ortho intramolecular Hbond substituents is 1. The quantitative estimate of drug-likeness (QED) is 0.740. The van der Waals surface area contributed by atoms with E-state index in [1.807, 2.05) is 13.0 Å². The van der Waals surface area contributed by atoms with Gasteiger partial charge in [0.15, 0.2) is 5.82 Å². The minimum absolute atomic E-state index is 0.165. The minimum atomic E-state index is -0.498. The van der Waals surface area contributed by atoms with E-state index in [9.17, 15) is 9.50 Å². The van der Waals surface area contributed by atoms with Gasteiger partial charge in [-0.2, -0.15) is 0 Å². The van der Waals surface area contributed by atoms with Gasteiger partial charge < -0.3 is 15.3 Å². The fourth-order valence-electron chi connectivity index (χ4n) is 3.62. The fraction of sp³-hybridized carbons (Fsp3) is 0.350. The molecule has 1 atom stereocenters. The number of benzene rings is 1. The van der Waals surface area contributed by atoms with E-state index in [2.05, 4.69) is 32.4 Å². The van der Waals surface area contributed by atoms with E-state index in [1.165, 1.54) is 12.1 Å². The van der Waals surface area contributed by atoms with Gasteiger partial charge in [0.25, 0.3) is 0 Å². The molecule has 3 aromatic rings. The van der Waals surface area contributed by atoms with Crippen LogP contribution < -0.4 is 5.32 Å². The van der Waals surface area contributed by atoms with Crippen LogP contribution in [0.1, 0.15) is 18.4 Å². The maximum atomic E-state index is 13.4. The zero-order valence-corrected chi connectivity index (χ0v) is 15.4. The highest BCUT2D eigenvalue weighted by Crippen LogP contribution is 2.34. The van der Waals surface area contributed by atoms with Crippen LogP contribution in [0.5, 0.6) is 5.75 Å². The van der Waals surface area contributed by atoms with Crippen molar-refractivity contribution < 1.29 is 9.50 Å². The lowest BCUT2D eigenvalue weighted by Gasteiger charge is -2.30. The van der Waals surface area contributed by atoms with E-state index in [-0.39, 0.29) is 11.8 Å². The molecule has 3 heterocycles. The van der Waals surface area contributed by atoms with Gasteiger partial charge in [-0.1, -0.05) is 0 Å². The number of aromatic nitrogens is 3. The molecule has 1 fully saturated rings. The van der Waals surface area contributed by atoms with Crippen LogP contribution in [0.15, 0.2) is 30.5 Å². The number of nitrogens with zero attached hydrogens (tertiary/aromatic N) is 4. The molecule has 2 N–H and O–H groups in total. The third kappa shape index (κ3) is 3.55. The molecule has 0 radical (unpaired) electrons.